The average molecular weight is 372 g/mol. The lowest BCUT2D eigenvalue weighted by Gasteiger charge is -2.24. The van der Waals surface area contributed by atoms with Gasteiger partial charge in [-0.1, -0.05) is 24.3 Å². The van der Waals surface area contributed by atoms with E-state index in [0.29, 0.717) is 22.3 Å². The summed E-state index contributed by atoms with van der Waals surface area (Å²) >= 11 is 0. The first-order valence-electron chi connectivity index (χ1n) is 7.93. The normalized spacial score (nSPS) is 17.2. The summed E-state index contributed by atoms with van der Waals surface area (Å²) in [6.07, 6.45) is 3.74. The second-order valence-electron chi connectivity index (χ2n) is 6.13. The molecule has 2 aliphatic rings. The molecule has 0 aromatic heterocycles. The van der Waals surface area contributed by atoms with Gasteiger partial charge in [0.25, 0.3) is 0 Å². The molecular formula is C19H18BrNO2. The van der Waals surface area contributed by atoms with Crippen LogP contribution in [-0.4, -0.2) is 24.7 Å². The maximum Gasteiger partial charge on any atom is 0.194 e. The number of quaternary nitrogens is 1. The zero-order chi connectivity index (χ0) is 15.1. The van der Waals surface area contributed by atoms with Gasteiger partial charge < -0.3 is 21.9 Å². The summed E-state index contributed by atoms with van der Waals surface area (Å²) in [5, 5.41) is 0. The predicted octanol–water partition coefficient (Wildman–Crippen LogP) is -0.834. The molecule has 4 heteroatoms. The largest absolute Gasteiger partial charge is 1.00 e. The summed E-state index contributed by atoms with van der Waals surface area (Å²) in [7, 11) is 0. The van der Waals surface area contributed by atoms with Crippen molar-refractivity contribution in [3.05, 3.63) is 64.7 Å². The minimum atomic E-state index is -0.0367. The van der Waals surface area contributed by atoms with E-state index in [2.05, 4.69) is 0 Å². The zero-order valence-corrected chi connectivity index (χ0v) is 14.4. The lowest BCUT2D eigenvalue weighted by Crippen LogP contribution is -3.08. The summed E-state index contributed by atoms with van der Waals surface area (Å²) in [5.41, 5.74) is 3.31. The summed E-state index contributed by atoms with van der Waals surface area (Å²) in [6, 6.07) is 12.9. The molecule has 0 bridgehead atoms. The molecular weight excluding hydrogens is 354 g/mol. The van der Waals surface area contributed by atoms with E-state index < -0.39 is 0 Å². The van der Waals surface area contributed by atoms with Crippen molar-refractivity contribution in [3.63, 3.8) is 0 Å². The summed E-state index contributed by atoms with van der Waals surface area (Å²) in [4.78, 5) is 26.7. The third-order valence-corrected chi connectivity index (χ3v) is 4.79. The van der Waals surface area contributed by atoms with Gasteiger partial charge in [-0.05, 0) is 31.4 Å². The molecule has 1 heterocycles. The molecule has 23 heavy (non-hydrogen) atoms. The van der Waals surface area contributed by atoms with E-state index in [1.54, 1.807) is 18.2 Å². The van der Waals surface area contributed by atoms with Gasteiger partial charge >= 0.3 is 0 Å². The fourth-order valence-electron chi connectivity index (χ4n) is 3.59. The van der Waals surface area contributed by atoms with Crippen molar-refractivity contribution in [3.8, 4) is 0 Å². The van der Waals surface area contributed by atoms with Crippen molar-refractivity contribution in [1.82, 2.24) is 0 Å². The van der Waals surface area contributed by atoms with E-state index in [1.807, 2.05) is 24.3 Å². The second-order valence-corrected chi connectivity index (χ2v) is 6.13. The van der Waals surface area contributed by atoms with Gasteiger partial charge in [-0.2, -0.15) is 0 Å². The minimum absolute atomic E-state index is 0. The Morgan fingerprint density at radius 3 is 1.91 bits per heavy atom. The molecule has 2 aromatic carbocycles. The monoisotopic (exact) mass is 371 g/mol. The summed E-state index contributed by atoms with van der Waals surface area (Å²) in [6.45, 7) is 2.22. The number of piperidine rings is 1. The molecule has 3 nitrogen and oxygen atoms in total. The van der Waals surface area contributed by atoms with Crippen LogP contribution in [0.25, 0.3) is 0 Å². The van der Waals surface area contributed by atoms with Crippen molar-refractivity contribution in [2.45, 2.75) is 19.3 Å². The van der Waals surface area contributed by atoms with E-state index in [0.717, 1.165) is 18.8 Å². The Labute approximate surface area is 146 Å². The molecule has 1 saturated heterocycles. The lowest BCUT2D eigenvalue weighted by atomic mass is 9.84. The number of carbonyl (C=O) groups excluding carboxylic acids is 2. The standard InChI is InChI=1S/C19H17NO2.BrH/c21-18-14-6-2-3-7-15(14)19(22)17-12-13(8-9-16(17)18)20-10-4-1-5-11-20;/h2-3,6-9,12H,1,4-5,10-11H2;1H. The first-order valence-corrected chi connectivity index (χ1v) is 7.93. The molecule has 1 N–H and O–H groups in total. The molecule has 1 fully saturated rings. The number of fused-ring (bicyclic) bond motifs is 2. The van der Waals surface area contributed by atoms with Crippen molar-refractivity contribution < 1.29 is 31.5 Å². The van der Waals surface area contributed by atoms with Gasteiger partial charge in [0.2, 0.25) is 0 Å². The number of hydrogen-bond acceptors (Lipinski definition) is 2. The quantitative estimate of drug-likeness (QED) is 0.606. The molecule has 2 aromatic rings. The maximum absolute atomic E-state index is 12.7. The molecule has 4 rings (SSSR count). The van der Waals surface area contributed by atoms with Crippen molar-refractivity contribution >= 4 is 17.3 Å². The number of halogens is 1. The Morgan fingerprint density at radius 2 is 1.26 bits per heavy atom. The van der Waals surface area contributed by atoms with E-state index in [-0.39, 0.29) is 28.5 Å². The number of rotatable bonds is 1. The van der Waals surface area contributed by atoms with E-state index in [4.69, 9.17) is 0 Å². The summed E-state index contributed by atoms with van der Waals surface area (Å²) < 4.78 is 0. The number of nitrogens with one attached hydrogen (secondary N) is 1. The smallest absolute Gasteiger partial charge is 0.194 e. The first-order chi connectivity index (χ1) is 10.8. The minimum Gasteiger partial charge on any atom is -1.00 e. The molecule has 0 spiro atoms. The van der Waals surface area contributed by atoms with Gasteiger partial charge in [0.1, 0.15) is 5.69 Å². The molecule has 0 saturated carbocycles. The van der Waals surface area contributed by atoms with Crippen molar-refractivity contribution in [2.75, 3.05) is 13.1 Å². The van der Waals surface area contributed by atoms with Crippen molar-refractivity contribution in [2.24, 2.45) is 0 Å². The third-order valence-electron chi connectivity index (χ3n) is 4.79. The highest BCUT2D eigenvalue weighted by atomic mass is 79.9. The Morgan fingerprint density at radius 1 is 0.696 bits per heavy atom. The molecule has 0 radical (unpaired) electrons. The topological polar surface area (TPSA) is 38.6 Å². The van der Waals surface area contributed by atoms with E-state index >= 15 is 0 Å². The van der Waals surface area contributed by atoms with Crippen LogP contribution in [0.1, 0.15) is 51.1 Å². The number of ketones is 2. The fraction of sp³-hybridized carbons (Fsp3) is 0.263. The molecule has 1 aliphatic carbocycles. The van der Waals surface area contributed by atoms with Crippen LogP contribution in [0.2, 0.25) is 0 Å². The van der Waals surface area contributed by atoms with Crippen LogP contribution in [0.4, 0.5) is 5.69 Å². The second kappa shape index (κ2) is 6.38. The zero-order valence-electron chi connectivity index (χ0n) is 12.8. The number of benzene rings is 2. The molecule has 118 valence electrons. The Balaban J connectivity index is 0.00000156. The van der Waals surface area contributed by atoms with Gasteiger partial charge in [-0.3, -0.25) is 9.59 Å². The molecule has 0 atom stereocenters. The highest BCUT2D eigenvalue weighted by Crippen LogP contribution is 2.28. The lowest BCUT2D eigenvalue weighted by molar-refractivity contribution is -0.838. The number of carbonyl (C=O) groups is 2. The van der Waals surface area contributed by atoms with Gasteiger partial charge in [-0.15, -0.1) is 0 Å². The molecule has 0 amide bonds. The Hall–Kier alpha value is -1.78. The fourth-order valence-corrected chi connectivity index (χ4v) is 3.59. The SMILES string of the molecule is O=C1c2ccccc2C(=O)c2cc([NH+]3CCCCC3)ccc21.[Br-]. The third kappa shape index (κ3) is 2.66. The first kappa shape index (κ1) is 16.1. The van der Waals surface area contributed by atoms with Crippen LogP contribution in [0.15, 0.2) is 42.5 Å². The molecule has 0 unspecified atom stereocenters. The summed E-state index contributed by atoms with van der Waals surface area (Å²) in [5.74, 6) is -0.0612. The average Bonchev–Trinajstić information content (AvgIpc) is 2.60. The Kier molecular flexibility index (Phi) is 4.46. The predicted molar refractivity (Wildman–Crippen MR) is 84.0 cm³/mol. The van der Waals surface area contributed by atoms with Crippen molar-refractivity contribution in [1.29, 1.82) is 0 Å². The van der Waals surface area contributed by atoms with Gasteiger partial charge in [0, 0.05) is 28.3 Å². The highest BCUT2D eigenvalue weighted by molar-refractivity contribution is 6.28. The Bertz CT molecular complexity index is 779. The van der Waals surface area contributed by atoms with Crippen LogP contribution >= 0.6 is 0 Å². The van der Waals surface area contributed by atoms with E-state index in [9.17, 15) is 9.59 Å². The van der Waals surface area contributed by atoms with Gasteiger partial charge in [0.05, 0.1) is 13.1 Å². The van der Waals surface area contributed by atoms with Crippen LogP contribution in [0, 0.1) is 0 Å². The van der Waals surface area contributed by atoms with Gasteiger partial charge in [-0.25, -0.2) is 0 Å². The number of hydrogen-bond donors (Lipinski definition) is 1. The van der Waals surface area contributed by atoms with E-state index in [1.165, 1.54) is 24.2 Å². The maximum atomic E-state index is 12.7. The van der Waals surface area contributed by atoms with Crippen LogP contribution in [-0.2, 0) is 0 Å². The highest BCUT2D eigenvalue weighted by Gasteiger charge is 2.30. The molecule has 1 aliphatic heterocycles. The van der Waals surface area contributed by atoms with Crippen LogP contribution in [0.5, 0.6) is 0 Å². The van der Waals surface area contributed by atoms with Gasteiger partial charge in [0.15, 0.2) is 11.6 Å². The van der Waals surface area contributed by atoms with Crippen LogP contribution < -0.4 is 21.9 Å². The van der Waals surface area contributed by atoms with Crippen LogP contribution in [0.3, 0.4) is 0 Å².